The fourth-order valence-corrected chi connectivity index (χ4v) is 5.09. The number of aromatic hydroxyl groups is 1. The van der Waals surface area contributed by atoms with Gasteiger partial charge in [-0.15, -0.1) is 4.40 Å². The summed E-state index contributed by atoms with van der Waals surface area (Å²) in [5.41, 5.74) is 4.34. The highest BCUT2D eigenvalue weighted by Gasteiger charge is 2.30. The monoisotopic (exact) mass is 462 g/mol. The summed E-state index contributed by atoms with van der Waals surface area (Å²) in [4.78, 5) is 13.9. The van der Waals surface area contributed by atoms with Crippen molar-refractivity contribution in [2.24, 2.45) is 4.40 Å². The maximum atomic E-state index is 13.7. The lowest BCUT2D eigenvalue weighted by molar-refractivity contribution is 0.477. The Bertz CT molecular complexity index is 1450. The van der Waals surface area contributed by atoms with Crippen molar-refractivity contribution in [2.75, 3.05) is 10.7 Å². The molecule has 1 aliphatic heterocycles. The Balaban J connectivity index is 1.70. The average molecular weight is 463 g/mol. The van der Waals surface area contributed by atoms with E-state index in [1.807, 2.05) is 37.3 Å². The fourth-order valence-electron chi connectivity index (χ4n) is 3.92. The van der Waals surface area contributed by atoms with Gasteiger partial charge in [-0.25, -0.2) is 4.68 Å². The SMILES string of the molecule is CC(Nn1c(=O)c(C2=NS(O)(O)c3ccccc3N2)c(O)c2ccccc21)c1ccccc1. The molecule has 0 bridgehead atoms. The van der Waals surface area contributed by atoms with Gasteiger partial charge in [-0.2, -0.15) is 0 Å². The Labute approximate surface area is 191 Å². The van der Waals surface area contributed by atoms with Crippen molar-refractivity contribution in [3.05, 3.63) is 100 Å². The molecular formula is C24H22N4O4S. The van der Waals surface area contributed by atoms with E-state index in [-0.39, 0.29) is 28.1 Å². The van der Waals surface area contributed by atoms with Crippen molar-refractivity contribution in [1.82, 2.24) is 4.68 Å². The van der Waals surface area contributed by atoms with E-state index < -0.39 is 16.3 Å². The van der Waals surface area contributed by atoms with Gasteiger partial charge in [-0.1, -0.05) is 65.4 Å². The molecule has 1 aliphatic rings. The lowest BCUT2D eigenvalue weighted by Gasteiger charge is -2.34. The van der Waals surface area contributed by atoms with Crippen LogP contribution in [-0.4, -0.2) is 24.7 Å². The highest BCUT2D eigenvalue weighted by molar-refractivity contribution is 8.23. The van der Waals surface area contributed by atoms with Crippen molar-refractivity contribution < 1.29 is 14.2 Å². The molecule has 5 rings (SSSR count). The highest BCUT2D eigenvalue weighted by atomic mass is 32.3. The molecule has 9 heteroatoms. The Morgan fingerprint density at radius 1 is 0.970 bits per heavy atom. The molecule has 1 unspecified atom stereocenters. The van der Waals surface area contributed by atoms with Crippen molar-refractivity contribution in [2.45, 2.75) is 17.9 Å². The number of amidine groups is 1. The summed E-state index contributed by atoms with van der Waals surface area (Å²) >= 11 is 0. The number of para-hydroxylation sites is 2. The first-order valence-corrected chi connectivity index (χ1v) is 11.8. The lowest BCUT2D eigenvalue weighted by Crippen LogP contribution is -2.37. The summed E-state index contributed by atoms with van der Waals surface area (Å²) in [6.45, 7) is 1.92. The molecule has 0 radical (unpaired) electrons. The smallest absolute Gasteiger partial charge is 0.284 e. The zero-order valence-electron chi connectivity index (χ0n) is 17.6. The maximum absolute atomic E-state index is 13.7. The number of hydrogen-bond donors (Lipinski definition) is 5. The van der Waals surface area contributed by atoms with Gasteiger partial charge in [-0.3, -0.25) is 13.9 Å². The summed E-state index contributed by atoms with van der Waals surface area (Å²) in [5, 5.41) is 14.5. The standard InChI is InChI=1S/C24H22N4O4S/c1-15(16-9-3-2-4-10-16)26-28-19-13-7-5-11-17(19)22(29)21(24(28)30)23-25-18-12-6-8-14-20(18)33(31,32)27-23/h2-15,26,29,31-32H,1H3,(H,25,27). The molecule has 168 valence electrons. The first-order valence-electron chi connectivity index (χ1n) is 10.3. The number of anilines is 1. The predicted octanol–water partition coefficient (Wildman–Crippen LogP) is 4.91. The molecule has 0 spiro atoms. The zero-order valence-corrected chi connectivity index (χ0v) is 18.5. The topological polar surface area (TPSA) is 119 Å². The molecule has 2 heterocycles. The van der Waals surface area contributed by atoms with Gasteiger partial charge in [0.15, 0.2) is 5.84 Å². The summed E-state index contributed by atoms with van der Waals surface area (Å²) in [7, 11) is -3.56. The van der Waals surface area contributed by atoms with Gasteiger partial charge in [0.05, 0.1) is 17.2 Å². The lowest BCUT2D eigenvalue weighted by atomic mass is 10.1. The number of pyridine rings is 1. The second-order valence-corrected chi connectivity index (χ2v) is 9.38. The van der Waals surface area contributed by atoms with Gasteiger partial charge in [0, 0.05) is 5.39 Å². The molecule has 4 aromatic rings. The number of nitrogens with zero attached hydrogens (tertiary/aromatic N) is 2. The Morgan fingerprint density at radius 3 is 2.42 bits per heavy atom. The van der Waals surface area contributed by atoms with Crippen LogP contribution in [0.4, 0.5) is 5.69 Å². The zero-order chi connectivity index (χ0) is 23.2. The third-order valence-corrected chi connectivity index (χ3v) is 6.95. The molecule has 5 N–H and O–H groups in total. The van der Waals surface area contributed by atoms with Crippen molar-refractivity contribution in [1.29, 1.82) is 0 Å². The van der Waals surface area contributed by atoms with Crippen LogP contribution < -0.4 is 16.3 Å². The van der Waals surface area contributed by atoms with Crippen molar-refractivity contribution in [3.63, 3.8) is 0 Å². The van der Waals surface area contributed by atoms with Crippen LogP contribution in [-0.2, 0) is 0 Å². The number of hydrogen-bond acceptors (Lipinski definition) is 7. The minimum atomic E-state index is -3.56. The molecule has 0 aliphatic carbocycles. The Kier molecular flexibility index (Phi) is 5.09. The Hall–Kier alpha value is -3.79. The van der Waals surface area contributed by atoms with Crippen LogP contribution in [0.5, 0.6) is 5.75 Å². The summed E-state index contributed by atoms with van der Waals surface area (Å²) < 4.78 is 26.6. The maximum Gasteiger partial charge on any atom is 0.284 e. The number of benzene rings is 3. The molecule has 1 aromatic heterocycles. The number of aromatic nitrogens is 1. The first-order chi connectivity index (χ1) is 15.9. The van der Waals surface area contributed by atoms with Crippen molar-refractivity contribution >= 4 is 33.2 Å². The minimum absolute atomic E-state index is 0.107. The van der Waals surface area contributed by atoms with Crippen LogP contribution >= 0.6 is 10.8 Å². The van der Waals surface area contributed by atoms with E-state index in [9.17, 15) is 19.0 Å². The van der Waals surface area contributed by atoms with Gasteiger partial charge >= 0.3 is 0 Å². The molecule has 0 fully saturated rings. The molecule has 33 heavy (non-hydrogen) atoms. The summed E-state index contributed by atoms with van der Waals surface area (Å²) in [6, 6.07) is 23.0. The van der Waals surface area contributed by atoms with E-state index in [0.717, 1.165) is 5.56 Å². The van der Waals surface area contributed by atoms with Gasteiger partial charge in [-0.05, 0) is 36.8 Å². The molecule has 8 nitrogen and oxygen atoms in total. The fraction of sp³-hybridized carbons (Fsp3) is 0.0833. The molecule has 0 amide bonds. The van der Waals surface area contributed by atoms with Gasteiger partial charge in [0.2, 0.25) is 0 Å². The highest BCUT2D eigenvalue weighted by Crippen LogP contribution is 2.55. The third-order valence-electron chi connectivity index (χ3n) is 5.57. The van der Waals surface area contributed by atoms with E-state index in [4.69, 9.17) is 0 Å². The second kappa shape index (κ2) is 7.96. The molecule has 3 aromatic carbocycles. The van der Waals surface area contributed by atoms with E-state index in [0.29, 0.717) is 16.6 Å². The van der Waals surface area contributed by atoms with Gasteiger partial charge < -0.3 is 15.8 Å². The van der Waals surface area contributed by atoms with Crippen LogP contribution in [0.15, 0.2) is 93.0 Å². The molecular weight excluding hydrogens is 440 g/mol. The third kappa shape index (κ3) is 3.62. The predicted molar refractivity (Wildman–Crippen MR) is 132 cm³/mol. The largest absolute Gasteiger partial charge is 0.506 e. The number of fused-ring (bicyclic) bond motifs is 2. The first kappa shape index (κ1) is 21.1. The molecule has 1 atom stereocenters. The van der Waals surface area contributed by atoms with E-state index in [2.05, 4.69) is 15.1 Å². The molecule has 0 saturated carbocycles. The quantitative estimate of drug-likeness (QED) is 0.294. The van der Waals surface area contributed by atoms with Crippen molar-refractivity contribution in [3.8, 4) is 5.75 Å². The molecule has 0 saturated heterocycles. The number of nitrogens with one attached hydrogen (secondary N) is 2. The van der Waals surface area contributed by atoms with Crippen LogP contribution in [0.25, 0.3) is 10.9 Å². The normalized spacial score (nSPS) is 16.3. The van der Waals surface area contributed by atoms with Crippen LogP contribution in [0.1, 0.15) is 24.1 Å². The van der Waals surface area contributed by atoms with Crippen LogP contribution in [0, 0.1) is 0 Å². The van der Waals surface area contributed by atoms with E-state index >= 15 is 0 Å². The summed E-state index contributed by atoms with van der Waals surface area (Å²) in [6.07, 6.45) is 0. The van der Waals surface area contributed by atoms with Crippen LogP contribution in [0.2, 0.25) is 0 Å². The second-order valence-electron chi connectivity index (χ2n) is 7.72. The van der Waals surface area contributed by atoms with Gasteiger partial charge in [0.25, 0.3) is 5.56 Å². The van der Waals surface area contributed by atoms with E-state index in [1.165, 1.54) is 4.68 Å². The van der Waals surface area contributed by atoms with Crippen LogP contribution in [0.3, 0.4) is 0 Å². The Morgan fingerprint density at radius 2 is 1.64 bits per heavy atom. The van der Waals surface area contributed by atoms with E-state index in [1.54, 1.807) is 48.5 Å². The number of rotatable bonds is 4. The summed E-state index contributed by atoms with van der Waals surface area (Å²) in [5.74, 6) is -0.397. The average Bonchev–Trinajstić information content (AvgIpc) is 2.82. The van der Waals surface area contributed by atoms with Gasteiger partial charge in [0.1, 0.15) is 16.2 Å². The minimum Gasteiger partial charge on any atom is -0.506 e.